The van der Waals surface area contributed by atoms with Crippen LogP contribution in [0.5, 0.6) is 0 Å². The highest BCUT2D eigenvalue weighted by atomic mass is 32.1. The summed E-state index contributed by atoms with van der Waals surface area (Å²) in [6.45, 7) is 15.4. The van der Waals surface area contributed by atoms with Gasteiger partial charge in [0, 0.05) is 71.0 Å². The van der Waals surface area contributed by atoms with E-state index in [-0.39, 0.29) is 72.2 Å². The number of likely N-dealkylation sites (tertiary alicyclic amines) is 1. The zero-order chi connectivity index (χ0) is 47.1. The molecule has 4 rings (SSSR count). The first-order chi connectivity index (χ1) is 30.6. The third kappa shape index (κ3) is 13.9. The Morgan fingerprint density at radius 1 is 0.906 bits per heavy atom. The van der Waals surface area contributed by atoms with Crippen molar-refractivity contribution in [2.75, 3.05) is 53.8 Å². The standard InChI is InChI=1S/C51H78N6O6S/c1-13-35(6)47(56(10)51(61)40(33(2)3)31-43(58)46(34(4)5)55(9)28-25-37-21-23-39(52-8)24-22-37)44(62-11)32-45(59)57-27-17-20-42(57)48(63-12)36(7)49(60)54-41(50-53-26-29-64-50)30-38-18-15-14-16-19-38/h14-16,18-19,21-24,26,29,33-36,40-42,44,46-48,52H,13,17,20,25,27-28,30-32H2,1-12H3,(H,54,60)/t35-,36+,40-,41-,42-,44+,46-,47-,48+/m0/s1. The number of amides is 3. The molecule has 1 aromatic heterocycles. The molecule has 2 heterocycles. The Kier molecular flexibility index (Phi) is 20.9. The van der Waals surface area contributed by atoms with Gasteiger partial charge in [-0.3, -0.25) is 24.1 Å². The Hall–Kier alpha value is -4.17. The second-order valence-corrected chi connectivity index (χ2v) is 19.5. The van der Waals surface area contributed by atoms with Gasteiger partial charge < -0.3 is 29.9 Å². The number of hydrogen-bond donors (Lipinski definition) is 2. The number of rotatable bonds is 26. The normalized spacial score (nSPS) is 18.0. The largest absolute Gasteiger partial charge is 0.388 e. The average Bonchev–Trinajstić information content (AvgIpc) is 4.01. The molecule has 1 aliphatic rings. The monoisotopic (exact) mass is 903 g/mol. The summed E-state index contributed by atoms with van der Waals surface area (Å²) in [5.74, 6) is -1.43. The van der Waals surface area contributed by atoms with Gasteiger partial charge in [-0.1, -0.05) is 97.4 Å². The predicted octanol–water partition coefficient (Wildman–Crippen LogP) is 7.94. The molecule has 3 amide bonds. The fourth-order valence-corrected chi connectivity index (χ4v) is 10.4. The number of benzene rings is 2. The van der Waals surface area contributed by atoms with Gasteiger partial charge >= 0.3 is 0 Å². The van der Waals surface area contributed by atoms with Crippen molar-refractivity contribution in [2.45, 2.75) is 130 Å². The molecule has 1 fully saturated rings. The maximum Gasteiger partial charge on any atom is 0.226 e. The SMILES string of the molecule is CC[C@H](C)[C@@H]([C@@H](CC(=O)N1CCC[C@H]1[C@H](OC)[C@@H](C)C(=O)N[C@@H](Cc1ccccc1)c1nccs1)OC)N(C)C(=O)[C@@H](CC(=O)[C@H](C(C)C)N(C)CCc1ccc(NC)cc1)C(C)C. The highest BCUT2D eigenvalue weighted by Crippen LogP contribution is 2.32. The third-order valence-electron chi connectivity index (χ3n) is 13.6. The van der Waals surface area contributed by atoms with Gasteiger partial charge in [-0.25, -0.2) is 4.98 Å². The van der Waals surface area contributed by atoms with Crippen LogP contribution in [0, 0.1) is 29.6 Å². The van der Waals surface area contributed by atoms with Crippen LogP contribution >= 0.6 is 11.3 Å². The van der Waals surface area contributed by atoms with Gasteiger partial charge in [0.25, 0.3) is 0 Å². The van der Waals surface area contributed by atoms with Crippen molar-refractivity contribution in [1.82, 2.24) is 25.0 Å². The quantitative estimate of drug-likeness (QED) is 0.0825. The Balaban J connectivity index is 1.46. The van der Waals surface area contributed by atoms with Crippen LogP contribution in [0.4, 0.5) is 5.69 Å². The molecule has 2 N–H and O–H groups in total. The van der Waals surface area contributed by atoms with Crippen LogP contribution in [-0.4, -0.2) is 122 Å². The van der Waals surface area contributed by atoms with Crippen molar-refractivity contribution in [3.8, 4) is 0 Å². The molecular weight excluding hydrogens is 825 g/mol. The van der Waals surface area contributed by atoms with Crippen LogP contribution in [-0.2, 0) is 41.5 Å². The van der Waals surface area contributed by atoms with Crippen molar-refractivity contribution in [2.24, 2.45) is 29.6 Å². The first-order valence-electron chi connectivity index (χ1n) is 23.4. The molecule has 13 heteroatoms. The van der Waals surface area contributed by atoms with Gasteiger partial charge in [0.15, 0.2) is 5.78 Å². The summed E-state index contributed by atoms with van der Waals surface area (Å²) in [5, 5.41) is 9.15. The van der Waals surface area contributed by atoms with E-state index in [1.54, 1.807) is 32.4 Å². The van der Waals surface area contributed by atoms with Crippen LogP contribution < -0.4 is 10.6 Å². The fraction of sp³-hybridized carbons (Fsp3) is 0.627. The molecule has 0 aliphatic carbocycles. The average molecular weight is 903 g/mol. The number of carbonyl (C=O) groups excluding carboxylic acids is 4. The lowest BCUT2D eigenvalue weighted by Crippen LogP contribution is -2.54. The van der Waals surface area contributed by atoms with Gasteiger partial charge in [0.2, 0.25) is 17.7 Å². The molecule has 9 atom stereocenters. The van der Waals surface area contributed by atoms with Crippen LogP contribution in [0.3, 0.4) is 0 Å². The lowest BCUT2D eigenvalue weighted by atomic mass is 9.83. The molecule has 12 nitrogen and oxygen atoms in total. The van der Waals surface area contributed by atoms with E-state index in [0.29, 0.717) is 25.9 Å². The molecule has 0 saturated carbocycles. The number of methoxy groups -OCH3 is 2. The zero-order valence-corrected chi connectivity index (χ0v) is 41.5. The van der Waals surface area contributed by atoms with Crippen LogP contribution in [0.1, 0.15) is 103 Å². The van der Waals surface area contributed by atoms with Crippen molar-refractivity contribution < 1.29 is 28.7 Å². The number of nitrogens with zero attached hydrogens (tertiary/aromatic N) is 4. The van der Waals surface area contributed by atoms with E-state index in [9.17, 15) is 19.2 Å². The fourth-order valence-electron chi connectivity index (χ4n) is 9.68. The van der Waals surface area contributed by atoms with E-state index in [4.69, 9.17) is 9.47 Å². The minimum atomic E-state index is -0.600. The molecule has 0 spiro atoms. The number of Topliss-reactive ketones (excluding diaryl/α,β-unsaturated/α-hetero) is 1. The summed E-state index contributed by atoms with van der Waals surface area (Å²) in [4.78, 5) is 67.7. The number of nitrogens with one attached hydrogen (secondary N) is 2. The molecule has 0 bridgehead atoms. The first-order valence-corrected chi connectivity index (χ1v) is 24.3. The molecular formula is C51H78N6O6S. The number of ether oxygens (including phenoxy) is 2. The molecule has 354 valence electrons. The summed E-state index contributed by atoms with van der Waals surface area (Å²) in [5.41, 5.74) is 3.35. The van der Waals surface area contributed by atoms with E-state index in [2.05, 4.69) is 72.5 Å². The van der Waals surface area contributed by atoms with Gasteiger partial charge in [0.1, 0.15) is 5.01 Å². The first kappa shape index (κ1) is 52.5. The number of anilines is 1. The van der Waals surface area contributed by atoms with Crippen molar-refractivity contribution >= 4 is 40.5 Å². The van der Waals surface area contributed by atoms with Gasteiger partial charge in [-0.2, -0.15) is 0 Å². The van der Waals surface area contributed by atoms with Gasteiger partial charge in [-0.15, -0.1) is 11.3 Å². The minimum absolute atomic E-state index is 0.00147. The molecule has 0 unspecified atom stereocenters. The lowest BCUT2D eigenvalue weighted by molar-refractivity contribution is -0.149. The van der Waals surface area contributed by atoms with Crippen molar-refractivity contribution in [3.05, 3.63) is 82.3 Å². The Morgan fingerprint density at radius 2 is 1.59 bits per heavy atom. The van der Waals surface area contributed by atoms with E-state index in [0.717, 1.165) is 35.5 Å². The maximum absolute atomic E-state index is 14.7. The second-order valence-electron chi connectivity index (χ2n) is 18.6. The highest BCUT2D eigenvalue weighted by Gasteiger charge is 2.43. The predicted molar refractivity (Wildman–Crippen MR) is 258 cm³/mol. The number of ketones is 1. The number of aromatic nitrogens is 1. The maximum atomic E-state index is 14.7. The van der Waals surface area contributed by atoms with Gasteiger partial charge in [0.05, 0.1) is 48.7 Å². The summed E-state index contributed by atoms with van der Waals surface area (Å²) in [7, 11) is 8.92. The lowest BCUT2D eigenvalue weighted by Gasteiger charge is -2.41. The van der Waals surface area contributed by atoms with Crippen molar-refractivity contribution in [3.63, 3.8) is 0 Å². The summed E-state index contributed by atoms with van der Waals surface area (Å²) < 4.78 is 12.2. The summed E-state index contributed by atoms with van der Waals surface area (Å²) in [6.07, 6.45) is 4.45. The smallest absolute Gasteiger partial charge is 0.226 e. The number of hydrogen-bond acceptors (Lipinski definition) is 10. The van der Waals surface area contributed by atoms with Crippen molar-refractivity contribution in [1.29, 1.82) is 0 Å². The number of likely N-dealkylation sites (N-methyl/N-ethyl adjacent to an activating group) is 2. The van der Waals surface area contributed by atoms with Crippen LogP contribution in [0.15, 0.2) is 66.2 Å². The topological polar surface area (TPSA) is 133 Å². The summed E-state index contributed by atoms with van der Waals surface area (Å²) >= 11 is 1.51. The van der Waals surface area contributed by atoms with E-state index in [1.807, 2.05) is 75.5 Å². The molecule has 64 heavy (non-hydrogen) atoms. The minimum Gasteiger partial charge on any atom is -0.388 e. The molecule has 0 radical (unpaired) electrons. The Morgan fingerprint density at radius 3 is 2.16 bits per heavy atom. The number of carbonyl (C=O) groups is 4. The van der Waals surface area contributed by atoms with Crippen LogP contribution in [0.2, 0.25) is 0 Å². The van der Waals surface area contributed by atoms with Gasteiger partial charge in [-0.05, 0) is 73.7 Å². The highest BCUT2D eigenvalue weighted by molar-refractivity contribution is 7.09. The van der Waals surface area contributed by atoms with E-state index >= 15 is 0 Å². The zero-order valence-electron chi connectivity index (χ0n) is 40.7. The second kappa shape index (κ2) is 25.5. The molecule has 1 saturated heterocycles. The summed E-state index contributed by atoms with van der Waals surface area (Å²) in [6, 6.07) is 17.0. The molecule has 3 aromatic rings. The Labute approximate surface area is 388 Å². The number of thiazole rings is 1. The third-order valence-corrected chi connectivity index (χ3v) is 14.5. The molecule has 2 aromatic carbocycles. The Bertz CT molecular complexity index is 1880. The van der Waals surface area contributed by atoms with Crippen LogP contribution in [0.25, 0.3) is 0 Å². The van der Waals surface area contributed by atoms with E-state index in [1.165, 1.54) is 16.9 Å². The molecule has 1 aliphatic heterocycles. The van der Waals surface area contributed by atoms with E-state index < -0.39 is 30.1 Å².